The monoisotopic (exact) mass is 476 g/mol. The number of benzene rings is 2. The van der Waals surface area contributed by atoms with Crippen LogP contribution in [0.5, 0.6) is 0 Å². The van der Waals surface area contributed by atoms with Crippen molar-refractivity contribution in [2.24, 2.45) is 5.10 Å². The molecule has 0 fully saturated rings. The van der Waals surface area contributed by atoms with Crippen LogP contribution in [-0.2, 0) is 6.42 Å². The first-order valence-corrected chi connectivity index (χ1v) is 11.3. The topological polar surface area (TPSA) is 52.2 Å². The van der Waals surface area contributed by atoms with Gasteiger partial charge in [-0.2, -0.15) is 9.78 Å². The van der Waals surface area contributed by atoms with Crippen molar-refractivity contribution < 1.29 is 0 Å². The highest BCUT2D eigenvalue weighted by Crippen LogP contribution is 2.20. The SMILES string of the molecule is CCCCc1nc2ccc(Br)cc2c(=O)n1N=Cc1cc(C)n(-c2ccccc2)c1C. The summed E-state index contributed by atoms with van der Waals surface area (Å²) in [6.45, 7) is 6.27. The van der Waals surface area contributed by atoms with Crippen molar-refractivity contribution in [3.05, 3.63) is 92.2 Å². The fourth-order valence-electron chi connectivity index (χ4n) is 3.82. The largest absolute Gasteiger partial charge is 0.318 e. The highest BCUT2D eigenvalue weighted by molar-refractivity contribution is 9.10. The molecule has 0 aliphatic heterocycles. The number of nitrogens with zero attached hydrogens (tertiary/aromatic N) is 4. The molecule has 5 nitrogen and oxygen atoms in total. The molecule has 0 radical (unpaired) electrons. The van der Waals surface area contributed by atoms with E-state index in [0.717, 1.165) is 40.0 Å². The summed E-state index contributed by atoms with van der Waals surface area (Å²) in [6.07, 6.45) is 4.45. The maximum absolute atomic E-state index is 13.2. The van der Waals surface area contributed by atoms with Crippen molar-refractivity contribution in [2.75, 3.05) is 0 Å². The zero-order valence-corrected chi connectivity index (χ0v) is 19.6. The predicted molar refractivity (Wildman–Crippen MR) is 131 cm³/mol. The van der Waals surface area contributed by atoms with E-state index >= 15 is 0 Å². The number of para-hydroxylation sites is 1. The summed E-state index contributed by atoms with van der Waals surface area (Å²) in [6, 6.07) is 17.9. The second kappa shape index (κ2) is 9.02. The standard InChI is InChI=1S/C25H25BrN4O/c1-4-5-11-24-28-23-13-12-20(26)15-22(23)25(31)30(24)27-16-19-14-17(2)29(18(19)3)21-9-7-6-8-10-21/h6-10,12-16H,4-5,11H2,1-3H3. The molecule has 0 amide bonds. The van der Waals surface area contributed by atoms with Gasteiger partial charge in [0.2, 0.25) is 0 Å². The van der Waals surface area contributed by atoms with Crippen LogP contribution >= 0.6 is 15.9 Å². The van der Waals surface area contributed by atoms with Crippen LogP contribution in [0.25, 0.3) is 16.6 Å². The molecule has 4 rings (SSSR count). The van der Waals surface area contributed by atoms with Gasteiger partial charge in [0, 0.05) is 33.5 Å². The van der Waals surface area contributed by atoms with E-state index in [1.165, 1.54) is 4.68 Å². The zero-order chi connectivity index (χ0) is 22.0. The number of halogens is 1. The Balaban J connectivity index is 1.81. The smallest absolute Gasteiger partial charge is 0.282 e. The molecule has 0 spiro atoms. The molecule has 4 aromatic rings. The Morgan fingerprint density at radius 2 is 1.87 bits per heavy atom. The number of rotatable bonds is 6. The molecule has 0 aliphatic carbocycles. The van der Waals surface area contributed by atoms with Crippen molar-refractivity contribution in [3.8, 4) is 5.69 Å². The molecule has 0 N–H and O–H groups in total. The van der Waals surface area contributed by atoms with Crippen LogP contribution < -0.4 is 5.56 Å². The first-order chi connectivity index (χ1) is 15.0. The molecule has 0 saturated carbocycles. The lowest BCUT2D eigenvalue weighted by molar-refractivity contribution is 0.675. The Kier molecular flexibility index (Phi) is 6.18. The molecule has 0 atom stereocenters. The average molecular weight is 477 g/mol. The van der Waals surface area contributed by atoms with Crippen molar-refractivity contribution in [2.45, 2.75) is 40.0 Å². The van der Waals surface area contributed by atoms with Crippen LogP contribution in [0, 0.1) is 13.8 Å². The Morgan fingerprint density at radius 3 is 2.61 bits per heavy atom. The lowest BCUT2D eigenvalue weighted by Crippen LogP contribution is -2.22. The molecular formula is C25H25BrN4O. The highest BCUT2D eigenvalue weighted by atomic mass is 79.9. The lowest BCUT2D eigenvalue weighted by Gasteiger charge is -2.10. The molecule has 2 aromatic heterocycles. The molecule has 0 aliphatic rings. The molecule has 2 aromatic carbocycles. The average Bonchev–Trinajstić information content (AvgIpc) is 3.05. The van der Waals surface area contributed by atoms with Gasteiger partial charge in [-0.05, 0) is 56.7 Å². The summed E-state index contributed by atoms with van der Waals surface area (Å²) in [5, 5.41) is 5.16. The Bertz CT molecular complexity index is 1320. The van der Waals surface area contributed by atoms with Gasteiger partial charge in [0.25, 0.3) is 5.56 Å². The maximum Gasteiger partial charge on any atom is 0.282 e. The third kappa shape index (κ3) is 4.26. The van der Waals surface area contributed by atoms with Gasteiger partial charge in [-0.3, -0.25) is 4.79 Å². The van der Waals surface area contributed by atoms with E-state index in [2.05, 4.69) is 64.6 Å². The minimum absolute atomic E-state index is 0.148. The van der Waals surface area contributed by atoms with Crippen molar-refractivity contribution >= 4 is 33.0 Å². The van der Waals surface area contributed by atoms with Crippen LogP contribution in [0.2, 0.25) is 0 Å². The number of aryl methyl sites for hydroxylation is 2. The first-order valence-electron chi connectivity index (χ1n) is 10.5. The number of hydrogen-bond acceptors (Lipinski definition) is 3. The quantitative estimate of drug-likeness (QED) is 0.330. The lowest BCUT2D eigenvalue weighted by atomic mass is 10.2. The van der Waals surface area contributed by atoms with Crippen LogP contribution in [0.3, 0.4) is 0 Å². The third-order valence-electron chi connectivity index (χ3n) is 5.43. The van der Waals surface area contributed by atoms with Gasteiger partial charge >= 0.3 is 0 Å². The van der Waals surface area contributed by atoms with Crippen molar-refractivity contribution in [3.63, 3.8) is 0 Å². The minimum Gasteiger partial charge on any atom is -0.318 e. The molecule has 0 unspecified atom stereocenters. The minimum atomic E-state index is -0.148. The van der Waals surface area contributed by atoms with E-state index in [1.54, 1.807) is 6.21 Å². The fraction of sp³-hybridized carbons (Fsp3) is 0.240. The summed E-state index contributed by atoms with van der Waals surface area (Å²) in [5.74, 6) is 0.690. The second-order valence-electron chi connectivity index (χ2n) is 7.65. The van der Waals surface area contributed by atoms with Gasteiger partial charge in [-0.15, -0.1) is 0 Å². The molecule has 6 heteroatoms. The second-order valence-corrected chi connectivity index (χ2v) is 8.57. The summed E-state index contributed by atoms with van der Waals surface area (Å²) < 4.78 is 4.50. The summed E-state index contributed by atoms with van der Waals surface area (Å²) in [7, 11) is 0. The van der Waals surface area contributed by atoms with E-state index in [4.69, 9.17) is 4.98 Å². The van der Waals surface area contributed by atoms with Gasteiger partial charge in [0.1, 0.15) is 5.82 Å². The van der Waals surface area contributed by atoms with Gasteiger partial charge < -0.3 is 4.57 Å². The van der Waals surface area contributed by atoms with Crippen LogP contribution in [-0.4, -0.2) is 20.4 Å². The fourth-order valence-corrected chi connectivity index (χ4v) is 4.18. The van der Waals surface area contributed by atoms with Gasteiger partial charge in [0.05, 0.1) is 17.1 Å². The van der Waals surface area contributed by atoms with Crippen molar-refractivity contribution in [1.82, 2.24) is 14.2 Å². The Labute approximate surface area is 190 Å². The molecule has 2 heterocycles. The van der Waals surface area contributed by atoms with E-state index in [9.17, 15) is 4.79 Å². The number of hydrogen-bond donors (Lipinski definition) is 0. The van der Waals surface area contributed by atoms with E-state index in [1.807, 2.05) is 36.4 Å². The van der Waals surface area contributed by atoms with Gasteiger partial charge in [0.15, 0.2) is 0 Å². The van der Waals surface area contributed by atoms with Crippen LogP contribution in [0.4, 0.5) is 0 Å². The summed E-state index contributed by atoms with van der Waals surface area (Å²) in [5.41, 5.74) is 4.83. The number of fused-ring (bicyclic) bond motifs is 1. The Hall–Kier alpha value is -2.99. The Morgan fingerprint density at radius 1 is 1.10 bits per heavy atom. The van der Waals surface area contributed by atoms with Crippen LogP contribution in [0.15, 0.2) is 69.0 Å². The summed E-state index contributed by atoms with van der Waals surface area (Å²) >= 11 is 3.45. The van der Waals surface area contributed by atoms with Gasteiger partial charge in [-0.1, -0.05) is 47.5 Å². The van der Waals surface area contributed by atoms with E-state index in [0.29, 0.717) is 23.1 Å². The number of unbranched alkanes of at least 4 members (excludes halogenated alkanes) is 1. The van der Waals surface area contributed by atoms with Crippen LogP contribution in [0.1, 0.15) is 42.5 Å². The maximum atomic E-state index is 13.2. The van der Waals surface area contributed by atoms with Crippen molar-refractivity contribution in [1.29, 1.82) is 0 Å². The zero-order valence-electron chi connectivity index (χ0n) is 18.0. The van der Waals surface area contributed by atoms with E-state index < -0.39 is 0 Å². The molecular weight excluding hydrogens is 452 g/mol. The molecule has 0 saturated heterocycles. The normalized spacial score (nSPS) is 11.6. The third-order valence-corrected chi connectivity index (χ3v) is 5.92. The molecule has 31 heavy (non-hydrogen) atoms. The summed E-state index contributed by atoms with van der Waals surface area (Å²) in [4.78, 5) is 18.0. The molecule has 158 valence electrons. The molecule has 0 bridgehead atoms. The van der Waals surface area contributed by atoms with E-state index in [-0.39, 0.29) is 5.56 Å². The highest BCUT2D eigenvalue weighted by Gasteiger charge is 2.12. The predicted octanol–water partition coefficient (Wildman–Crippen LogP) is 5.79. The number of aromatic nitrogens is 3. The van der Waals surface area contributed by atoms with Gasteiger partial charge in [-0.25, -0.2) is 4.98 Å². The first kappa shape index (κ1) is 21.2.